The zero-order valence-corrected chi connectivity index (χ0v) is 23.9. The maximum Gasteiger partial charge on any atom is 0.336 e. The van der Waals surface area contributed by atoms with E-state index in [9.17, 15) is 29.4 Å². The number of carboxylic acid groups (broad SMARTS) is 2. The van der Waals surface area contributed by atoms with Crippen LogP contribution in [-0.4, -0.2) is 34.0 Å². The first-order valence-corrected chi connectivity index (χ1v) is 14.2. The second kappa shape index (κ2) is 12.8. The molecule has 0 saturated carbocycles. The Morgan fingerprint density at radius 3 is 2.02 bits per heavy atom. The molecular weight excluding hydrogens is 588 g/mol. The maximum atomic E-state index is 13.5. The van der Waals surface area contributed by atoms with E-state index in [1.807, 2.05) is 30.3 Å². The molecule has 0 heterocycles. The van der Waals surface area contributed by atoms with Crippen molar-refractivity contribution < 1.29 is 29.4 Å². The standard InChI is InChI=1S/C33H23ClN2O6S/c34-26-17-12-21(32(39)40)18-27(26)36-31(38)29(20-6-2-1-3-7-20)43-23-15-13-22(14-16-23)35-30(37)24-10-4-8-19-9-5-11-25(28(19)24)33(41)42/h1-18,29H,(H,35,37)(H,36,38)(H,39,40)(H,41,42). The molecule has 5 rings (SSSR count). The van der Waals surface area contributed by atoms with Gasteiger partial charge in [-0.1, -0.05) is 66.2 Å². The maximum absolute atomic E-state index is 13.5. The number of carbonyl (C=O) groups excluding carboxylic acids is 2. The van der Waals surface area contributed by atoms with E-state index in [0.717, 1.165) is 10.5 Å². The van der Waals surface area contributed by atoms with Gasteiger partial charge in [0, 0.05) is 21.5 Å². The summed E-state index contributed by atoms with van der Waals surface area (Å²) in [6.07, 6.45) is 0. The van der Waals surface area contributed by atoms with Gasteiger partial charge < -0.3 is 20.8 Å². The molecule has 4 N–H and O–H groups in total. The van der Waals surface area contributed by atoms with Gasteiger partial charge in [-0.25, -0.2) is 9.59 Å². The smallest absolute Gasteiger partial charge is 0.336 e. The zero-order valence-electron chi connectivity index (χ0n) is 22.3. The summed E-state index contributed by atoms with van der Waals surface area (Å²) in [6.45, 7) is 0. The van der Waals surface area contributed by atoms with Crippen molar-refractivity contribution in [2.75, 3.05) is 10.6 Å². The summed E-state index contributed by atoms with van der Waals surface area (Å²) >= 11 is 7.50. The van der Waals surface area contributed by atoms with Crippen molar-refractivity contribution in [2.24, 2.45) is 0 Å². The van der Waals surface area contributed by atoms with Crippen LogP contribution in [0.4, 0.5) is 11.4 Å². The third-order valence-electron chi connectivity index (χ3n) is 6.56. The first-order valence-electron chi connectivity index (χ1n) is 12.9. The summed E-state index contributed by atoms with van der Waals surface area (Å²) in [4.78, 5) is 50.6. The molecule has 0 radical (unpaired) electrons. The highest BCUT2D eigenvalue weighted by Crippen LogP contribution is 2.37. The molecule has 8 nitrogen and oxygen atoms in total. The Labute approximate surface area is 255 Å². The molecule has 0 spiro atoms. The first kappa shape index (κ1) is 29.4. The van der Waals surface area contributed by atoms with Gasteiger partial charge >= 0.3 is 11.9 Å². The van der Waals surface area contributed by atoms with E-state index >= 15 is 0 Å². The van der Waals surface area contributed by atoms with Crippen LogP contribution in [0.3, 0.4) is 0 Å². The van der Waals surface area contributed by atoms with Crippen LogP contribution in [0.5, 0.6) is 0 Å². The van der Waals surface area contributed by atoms with Crippen molar-refractivity contribution in [1.82, 2.24) is 0 Å². The number of hydrogen-bond acceptors (Lipinski definition) is 5. The number of benzene rings is 5. The molecule has 5 aromatic carbocycles. The largest absolute Gasteiger partial charge is 0.478 e. The number of rotatable bonds is 9. The topological polar surface area (TPSA) is 133 Å². The number of amides is 2. The number of carbonyl (C=O) groups is 4. The van der Waals surface area contributed by atoms with Crippen LogP contribution in [0.25, 0.3) is 10.8 Å². The van der Waals surface area contributed by atoms with E-state index in [4.69, 9.17) is 11.6 Å². The van der Waals surface area contributed by atoms with Gasteiger partial charge in [-0.15, -0.1) is 11.8 Å². The highest BCUT2D eigenvalue weighted by Gasteiger charge is 2.24. The Morgan fingerprint density at radius 2 is 1.37 bits per heavy atom. The Kier molecular flexibility index (Phi) is 8.75. The quantitative estimate of drug-likeness (QED) is 0.126. The monoisotopic (exact) mass is 610 g/mol. The Bertz CT molecular complexity index is 1860. The summed E-state index contributed by atoms with van der Waals surface area (Å²) in [5.74, 6) is -3.12. The minimum Gasteiger partial charge on any atom is -0.478 e. The number of thioether (sulfide) groups is 1. The van der Waals surface area contributed by atoms with Gasteiger partial charge in [0.1, 0.15) is 5.25 Å². The molecule has 0 aromatic heterocycles. The number of anilines is 2. The minimum absolute atomic E-state index is 0.0102. The number of nitrogens with one attached hydrogen (secondary N) is 2. The molecule has 0 aliphatic heterocycles. The average Bonchev–Trinajstić information content (AvgIpc) is 3.01. The minimum atomic E-state index is -1.14. The predicted molar refractivity (Wildman–Crippen MR) is 167 cm³/mol. The number of hydrogen-bond donors (Lipinski definition) is 4. The molecule has 43 heavy (non-hydrogen) atoms. The molecule has 0 fully saturated rings. The van der Waals surface area contributed by atoms with Gasteiger partial charge in [-0.3, -0.25) is 9.59 Å². The van der Waals surface area contributed by atoms with Crippen LogP contribution in [0.1, 0.15) is 41.9 Å². The fraction of sp³-hybridized carbons (Fsp3) is 0.0303. The molecule has 0 saturated heterocycles. The van der Waals surface area contributed by atoms with Gasteiger partial charge in [0.25, 0.3) is 5.91 Å². The van der Waals surface area contributed by atoms with Crippen molar-refractivity contribution in [3.8, 4) is 0 Å². The van der Waals surface area contributed by atoms with Crippen molar-refractivity contribution in [3.63, 3.8) is 0 Å². The fourth-order valence-electron chi connectivity index (χ4n) is 4.51. The third kappa shape index (κ3) is 6.69. The van der Waals surface area contributed by atoms with E-state index in [1.54, 1.807) is 54.6 Å². The normalized spacial score (nSPS) is 11.5. The number of fused-ring (bicyclic) bond motifs is 1. The van der Waals surface area contributed by atoms with Crippen molar-refractivity contribution in [2.45, 2.75) is 10.1 Å². The fourth-order valence-corrected chi connectivity index (χ4v) is 5.70. The van der Waals surface area contributed by atoms with Crippen LogP contribution >= 0.6 is 23.4 Å². The van der Waals surface area contributed by atoms with Gasteiger partial charge in [0.2, 0.25) is 5.91 Å². The van der Waals surface area contributed by atoms with Crippen molar-refractivity contribution >= 4 is 69.3 Å². The zero-order chi connectivity index (χ0) is 30.5. The molecule has 2 amide bonds. The molecular formula is C33H23ClN2O6S. The molecule has 1 unspecified atom stereocenters. The van der Waals surface area contributed by atoms with Crippen LogP contribution in [0.15, 0.2) is 114 Å². The number of carboxylic acids is 2. The summed E-state index contributed by atoms with van der Waals surface area (Å²) in [5.41, 5.74) is 1.65. The highest BCUT2D eigenvalue weighted by atomic mass is 35.5. The van der Waals surface area contributed by atoms with Crippen LogP contribution in [0, 0.1) is 0 Å². The van der Waals surface area contributed by atoms with E-state index < -0.39 is 29.0 Å². The van der Waals surface area contributed by atoms with Gasteiger partial charge in [-0.2, -0.15) is 0 Å². The van der Waals surface area contributed by atoms with E-state index in [1.165, 1.54) is 36.0 Å². The first-order chi connectivity index (χ1) is 20.7. The second-order valence-corrected chi connectivity index (χ2v) is 11.0. The van der Waals surface area contributed by atoms with Crippen molar-refractivity contribution in [3.05, 3.63) is 136 Å². The lowest BCUT2D eigenvalue weighted by molar-refractivity contribution is -0.115. The van der Waals surface area contributed by atoms with Crippen LogP contribution in [-0.2, 0) is 4.79 Å². The second-order valence-electron chi connectivity index (χ2n) is 9.39. The van der Waals surface area contributed by atoms with E-state index in [-0.39, 0.29) is 27.4 Å². The average molecular weight is 611 g/mol. The molecule has 214 valence electrons. The van der Waals surface area contributed by atoms with Crippen molar-refractivity contribution in [1.29, 1.82) is 0 Å². The number of aromatic carboxylic acids is 2. The summed E-state index contributed by atoms with van der Waals surface area (Å²) in [5, 5.41) is 25.0. The SMILES string of the molecule is O=C(O)c1ccc(Cl)c(NC(=O)C(Sc2ccc(NC(=O)c3cccc4cccc(C(=O)O)c34)cc2)c2ccccc2)c1. The lowest BCUT2D eigenvalue weighted by Crippen LogP contribution is -2.19. The third-order valence-corrected chi connectivity index (χ3v) is 8.15. The van der Waals surface area contributed by atoms with E-state index in [2.05, 4.69) is 10.6 Å². The Hall–Kier alpha value is -5.12. The van der Waals surface area contributed by atoms with E-state index in [0.29, 0.717) is 16.5 Å². The lowest BCUT2D eigenvalue weighted by atomic mass is 9.98. The lowest BCUT2D eigenvalue weighted by Gasteiger charge is -2.18. The molecule has 1 atom stereocenters. The summed E-state index contributed by atoms with van der Waals surface area (Å²) in [6, 6.07) is 29.9. The molecule has 10 heteroatoms. The molecule has 5 aromatic rings. The Balaban J connectivity index is 1.36. The molecule has 0 bridgehead atoms. The van der Waals surface area contributed by atoms with Crippen LogP contribution in [0.2, 0.25) is 5.02 Å². The predicted octanol–water partition coefficient (Wildman–Crippen LogP) is 7.61. The number of halogens is 1. The highest BCUT2D eigenvalue weighted by molar-refractivity contribution is 8.00. The summed E-state index contributed by atoms with van der Waals surface area (Å²) in [7, 11) is 0. The van der Waals surface area contributed by atoms with Crippen LogP contribution < -0.4 is 10.6 Å². The van der Waals surface area contributed by atoms with Gasteiger partial charge in [-0.05, 0) is 65.5 Å². The van der Waals surface area contributed by atoms with Gasteiger partial charge in [0.05, 0.1) is 21.8 Å². The molecule has 0 aliphatic rings. The summed E-state index contributed by atoms with van der Waals surface area (Å²) < 4.78 is 0. The van der Waals surface area contributed by atoms with Gasteiger partial charge in [0.15, 0.2) is 0 Å². The Morgan fingerprint density at radius 1 is 0.698 bits per heavy atom. The molecule has 0 aliphatic carbocycles.